The average molecular weight is 469 g/mol. The van der Waals surface area contributed by atoms with Crippen LogP contribution >= 0.6 is 39.5 Å². The predicted molar refractivity (Wildman–Crippen MR) is 120 cm³/mol. The highest BCUT2D eigenvalue weighted by atomic mass is 79.9. The number of amides is 2. The summed E-state index contributed by atoms with van der Waals surface area (Å²) >= 11 is 10.4. The summed E-state index contributed by atoms with van der Waals surface area (Å²) in [7, 11) is 0. The maximum Gasteiger partial charge on any atom is 0.270 e. The maximum absolute atomic E-state index is 13.3. The molecule has 0 saturated carbocycles. The smallest absolute Gasteiger partial charge is 0.268 e. The lowest BCUT2D eigenvalue weighted by molar-refractivity contribution is -0.120. The molecule has 2 amide bonds. The molecule has 2 heterocycles. The van der Waals surface area contributed by atoms with Crippen LogP contribution in [0, 0.1) is 0 Å². The second kappa shape index (κ2) is 7.79. The van der Waals surface area contributed by atoms with E-state index in [1.54, 1.807) is 30.3 Å². The maximum atomic E-state index is 13.3. The van der Waals surface area contributed by atoms with Gasteiger partial charge in [0.1, 0.15) is 5.57 Å². The van der Waals surface area contributed by atoms with Crippen molar-refractivity contribution in [2.45, 2.75) is 0 Å². The van der Waals surface area contributed by atoms with E-state index in [0.717, 1.165) is 9.35 Å². The molecular weight excluding hydrogens is 456 g/mol. The number of halogens is 1. The number of benzene rings is 2. The van der Waals surface area contributed by atoms with Gasteiger partial charge in [-0.2, -0.15) is 0 Å². The van der Waals surface area contributed by atoms with Crippen LogP contribution < -0.4 is 9.80 Å². The van der Waals surface area contributed by atoms with Gasteiger partial charge in [-0.25, -0.2) is 0 Å². The number of nitrogens with zero attached hydrogens (tertiary/aromatic N) is 2. The predicted octanol–water partition coefficient (Wildman–Crippen LogP) is 5.26. The van der Waals surface area contributed by atoms with Crippen molar-refractivity contribution in [2.75, 3.05) is 9.80 Å². The Kier molecular flexibility index (Phi) is 5.21. The van der Waals surface area contributed by atoms with Crippen molar-refractivity contribution in [3.05, 3.63) is 87.0 Å². The quantitative estimate of drug-likeness (QED) is 0.299. The van der Waals surface area contributed by atoms with Gasteiger partial charge >= 0.3 is 0 Å². The lowest BCUT2D eigenvalue weighted by Crippen LogP contribution is -2.56. The molecular formula is C21H13BrN2O2S2. The zero-order valence-electron chi connectivity index (χ0n) is 14.4. The van der Waals surface area contributed by atoms with Crippen molar-refractivity contribution in [3.63, 3.8) is 0 Å². The van der Waals surface area contributed by atoms with Crippen LogP contribution in [0.1, 0.15) is 4.88 Å². The monoisotopic (exact) mass is 468 g/mol. The highest BCUT2D eigenvalue weighted by Crippen LogP contribution is 2.30. The number of thiophene rings is 1. The van der Waals surface area contributed by atoms with Gasteiger partial charge in [0, 0.05) is 9.35 Å². The second-order valence-electron chi connectivity index (χ2n) is 5.95. The Morgan fingerprint density at radius 2 is 1.43 bits per heavy atom. The Labute approximate surface area is 179 Å². The first-order chi connectivity index (χ1) is 13.6. The van der Waals surface area contributed by atoms with Crippen LogP contribution in [0.3, 0.4) is 0 Å². The Morgan fingerprint density at radius 3 is 2.00 bits per heavy atom. The van der Waals surface area contributed by atoms with E-state index in [0.29, 0.717) is 11.4 Å². The largest absolute Gasteiger partial charge is 0.270 e. The van der Waals surface area contributed by atoms with E-state index in [-0.39, 0.29) is 10.7 Å². The molecule has 0 spiro atoms. The molecule has 0 aliphatic carbocycles. The van der Waals surface area contributed by atoms with Crippen molar-refractivity contribution in [3.8, 4) is 0 Å². The van der Waals surface area contributed by atoms with Gasteiger partial charge in [-0.3, -0.25) is 19.4 Å². The zero-order chi connectivity index (χ0) is 19.7. The number of rotatable bonds is 3. The fraction of sp³-hybridized carbons (Fsp3) is 0. The summed E-state index contributed by atoms with van der Waals surface area (Å²) in [5, 5.41) is 2.03. The van der Waals surface area contributed by atoms with Crippen molar-refractivity contribution < 1.29 is 9.59 Å². The summed E-state index contributed by atoms with van der Waals surface area (Å²) in [5.41, 5.74) is 1.29. The molecule has 28 heavy (non-hydrogen) atoms. The molecule has 0 radical (unpaired) electrons. The number of thiocarbonyl (C=S) groups is 1. The highest BCUT2D eigenvalue weighted by molar-refractivity contribution is 9.10. The Balaban J connectivity index is 1.86. The molecule has 0 atom stereocenters. The van der Waals surface area contributed by atoms with E-state index in [1.165, 1.54) is 21.1 Å². The third kappa shape index (κ3) is 3.44. The fourth-order valence-corrected chi connectivity index (χ4v) is 4.17. The van der Waals surface area contributed by atoms with Gasteiger partial charge in [-0.1, -0.05) is 40.2 Å². The molecule has 4 rings (SSSR count). The van der Waals surface area contributed by atoms with E-state index in [9.17, 15) is 9.59 Å². The molecule has 4 nitrogen and oxygen atoms in total. The van der Waals surface area contributed by atoms with Crippen LogP contribution in [-0.2, 0) is 9.59 Å². The van der Waals surface area contributed by atoms with E-state index in [1.807, 2.05) is 47.8 Å². The van der Waals surface area contributed by atoms with E-state index in [2.05, 4.69) is 15.9 Å². The first kappa shape index (κ1) is 18.7. The molecule has 1 aromatic heterocycles. The highest BCUT2D eigenvalue weighted by Gasteiger charge is 2.41. The van der Waals surface area contributed by atoms with Crippen LogP contribution in [0.4, 0.5) is 11.4 Å². The normalized spacial score (nSPS) is 16.2. The molecule has 1 aliphatic heterocycles. The summed E-state index contributed by atoms with van der Waals surface area (Å²) in [6.45, 7) is 0. The molecule has 1 fully saturated rings. The molecule has 0 unspecified atom stereocenters. The average Bonchev–Trinajstić information content (AvgIpc) is 3.21. The SMILES string of the molecule is O=C1C(=Cc2cccs2)C(=O)N(c2ccc(Br)cc2)C(=S)N1c1ccccc1. The molecule has 1 saturated heterocycles. The van der Waals surface area contributed by atoms with Crippen LogP contribution in [0.15, 0.2) is 82.2 Å². The number of carbonyl (C=O) groups excluding carboxylic acids is 2. The fourth-order valence-electron chi connectivity index (χ4n) is 2.87. The second-order valence-corrected chi connectivity index (χ2v) is 8.21. The standard InChI is InChI=1S/C21H13BrN2O2S2/c22-14-8-10-16(11-9-14)24-20(26)18(13-17-7-4-12-28-17)19(25)23(21(24)27)15-5-2-1-3-6-15/h1-13H. The van der Waals surface area contributed by atoms with Crippen molar-refractivity contribution in [1.29, 1.82) is 0 Å². The van der Waals surface area contributed by atoms with E-state index in [4.69, 9.17) is 12.2 Å². The Bertz CT molecular complexity index is 1080. The number of carbonyl (C=O) groups is 2. The van der Waals surface area contributed by atoms with E-state index >= 15 is 0 Å². The summed E-state index contributed by atoms with van der Waals surface area (Å²) in [4.78, 5) is 30.1. The summed E-state index contributed by atoms with van der Waals surface area (Å²) in [6.07, 6.45) is 1.62. The minimum Gasteiger partial charge on any atom is -0.268 e. The number of anilines is 2. The third-order valence-corrected chi connectivity index (χ3v) is 5.89. The first-order valence-corrected chi connectivity index (χ1v) is 10.4. The molecule has 2 aromatic carbocycles. The van der Waals surface area contributed by atoms with Crippen molar-refractivity contribution in [2.24, 2.45) is 0 Å². The summed E-state index contributed by atoms with van der Waals surface area (Å²) in [6, 6.07) is 20.1. The molecule has 0 bridgehead atoms. The number of para-hydroxylation sites is 1. The summed E-state index contributed by atoms with van der Waals surface area (Å²) < 4.78 is 0.886. The van der Waals surface area contributed by atoms with Gasteiger partial charge < -0.3 is 0 Å². The van der Waals surface area contributed by atoms with Crippen molar-refractivity contribution >= 4 is 73.9 Å². The van der Waals surface area contributed by atoms with Crippen LogP contribution in [0.5, 0.6) is 0 Å². The van der Waals surface area contributed by atoms with Crippen LogP contribution in [-0.4, -0.2) is 16.9 Å². The lowest BCUT2D eigenvalue weighted by atomic mass is 10.1. The number of hydrogen-bond donors (Lipinski definition) is 0. The molecule has 7 heteroatoms. The van der Waals surface area contributed by atoms with Gasteiger partial charge in [-0.05, 0) is 66.1 Å². The van der Waals surface area contributed by atoms with Gasteiger partial charge in [0.2, 0.25) is 0 Å². The Hall–Kier alpha value is -2.61. The first-order valence-electron chi connectivity index (χ1n) is 8.35. The molecule has 0 N–H and O–H groups in total. The molecule has 3 aromatic rings. The van der Waals surface area contributed by atoms with Gasteiger partial charge in [0.25, 0.3) is 11.8 Å². The number of hydrogen-bond acceptors (Lipinski definition) is 4. The zero-order valence-corrected chi connectivity index (χ0v) is 17.6. The third-order valence-electron chi connectivity index (χ3n) is 4.18. The van der Waals surface area contributed by atoms with E-state index < -0.39 is 11.8 Å². The Morgan fingerprint density at radius 1 is 0.821 bits per heavy atom. The lowest BCUT2D eigenvalue weighted by Gasteiger charge is -2.36. The van der Waals surface area contributed by atoms with Gasteiger partial charge in [0.15, 0.2) is 5.11 Å². The molecule has 138 valence electrons. The van der Waals surface area contributed by atoms with Crippen LogP contribution in [0.25, 0.3) is 6.08 Å². The van der Waals surface area contributed by atoms with Gasteiger partial charge in [-0.15, -0.1) is 11.3 Å². The molecule has 1 aliphatic rings. The van der Waals surface area contributed by atoms with Crippen LogP contribution in [0.2, 0.25) is 0 Å². The summed E-state index contributed by atoms with van der Waals surface area (Å²) in [5.74, 6) is -0.860. The van der Waals surface area contributed by atoms with Gasteiger partial charge in [0.05, 0.1) is 11.4 Å². The van der Waals surface area contributed by atoms with Crippen molar-refractivity contribution in [1.82, 2.24) is 0 Å². The minimum atomic E-state index is -0.432. The topological polar surface area (TPSA) is 40.6 Å². The minimum absolute atomic E-state index is 0.0721.